The number of Topliss-reactive ketones (excluding diaryl/α,β-unsaturated/α-hetero) is 1. The zero-order chi connectivity index (χ0) is 14.0. The lowest BCUT2D eigenvalue weighted by Crippen LogP contribution is -2.16. The van der Waals surface area contributed by atoms with Gasteiger partial charge in [-0.1, -0.05) is 19.1 Å². The summed E-state index contributed by atoms with van der Waals surface area (Å²) in [5, 5.41) is 9.21. The van der Waals surface area contributed by atoms with Crippen LogP contribution in [0.1, 0.15) is 39.5 Å². The Morgan fingerprint density at radius 3 is 2.61 bits per heavy atom. The Hall–Kier alpha value is -0.870. The molecule has 0 heterocycles. The summed E-state index contributed by atoms with van der Waals surface area (Å²) in [5.41, 5.74) is 0. The first kappa shape index (κ1) is 17.1. The number of aliphatic hydroxyl groups excluding tert-OH is 1. The Morgan fingerprint density at radius 1 is 1.39 bits per heavy atom. The van der Waals surface area contributed by atoms with E-state index in [1.165, 1.54) is 0 Å². The van der Waals surface area contributed by atoms with Crippen molar-refractivity contribution in [3.8, 4) is 0 Å². The van der Waals surface area contributed by atoms with Gasteiger partial charge < -0.3 is 9.84 Å². The number of esters is 1. The fourth-order valence-electron chi connectivity index (χ4n) is 1.30. The fourth-order valence-corrected chi connectivity index (χ4v) is 1.39. The monoisotopic (exact) mass is 276 g/mol. The zero-order valence-corrected chi connectivity index (χ0v) is 11.7. The van der Waals surface area contributed by atoms with Crippen LogP contribution in [0.4, 0.5) is 0 Å². The number of halogens is 1. The van der Waals surface area contributed by atoms with E-state index < -0.39 is 12.1 Å². The number of ketones is 1. The maximum absolute atomic E-state index is 11.3. The second-order valence-corrected chi connectivity index (χ2v) is 4.46. The van der Waals surface area contributed by atoms with Gasteiger partial charge in [0.15, 0.2) is 0 Å². The van der Waals surface area contributed by atoms with Crippen LogP contribution >= 0.6 is 11.6 Å². The summed E-state index contributed by atoms with van der Waals surface area (Å²) in [4.78, 5) is 22.3. The van der Waals surface area contributed by atoms with Crippen molar-refractivity contribution in [2.75, 3.05) is 6.61 Å². The minimum Gasteiger partial charge on any atom is -0.466 e. The number of aliphatic hydroxyl groups is 1. The van der Waals surface area contributed by atoms with E-state index in [1.54, 1.807) is 19.1 Å². The minimum atomic E-state index is -0.697. The van der Waals surface area contributed by atoms with Gasteiger partial charge >= 0.3 is 5.97 Å². The Kier molecular flexibility index (Phi) is 9.60. The largest absolute Gasteiger partial charge is 0.466 e. The molecule has 0 bridgehead atoms. The lowest BCUT2D eigenvalue weighted by Gasteiger charge is -2.09. The number of carbonyl (C=O) groups is 2. The van der Waals surface area contributed by atoms with E-state index in [0.717, 1.165) is 0 Å². The van der Waals surface area contributed by atoms with Gasteiger partial charge in [-0.3, -0.25) is 9.59 Å². The molecule has 0 spiro atoms. The normalized spacial score (nSPS) is 14.4. The third kappa shape index (κ3) is 8.25. The summed E-state index contributed by atoms with van der Waals surface area (Å²) in [7, 11) is 0. The number of rotatable bonds is 9. The molecule has 0 aromatic carbocycles. The predicted molar refractivity (Wildman–Crippen MR) is 70.6 cm³/mol. The third-order valence-electron chi connectivity index (χ3n) is 2.33. The molecule has 0 fully saturated rings. The van der Waals surface area contributed by atoms with Crippen LogP contribution in [-0.2, 0) is 14.3 Å². The summed E-state index contributed by atoms with van der Waals surface area (Å²) in [6.45, 7) is 3.87. The van der Waals surface area contributed by atoms with Crippen LogP contribution in [0, 0.1) is 0 Å². The van der Waals surface area contributed by atoms with E-state index in [4.69, 9.17) is 11.6 Å². The minimum absolute atomic E-state index is 0.162. The highest BCUT2D eigenvalue weighted by Crippen LogP contribution is 2.09. The van der Waals surface area contributed by atoms with E-state index >= 15 is 0 Å². The number of alkyl halides is 1. The maximum atomic E-state index is 11.3. The molecule has 0 aliphatic carbocycles. The highest BCUT2D eigenvalue weighted by molar-refractivity contribution is 6.21. The number of hydrogen-bond acceptors (Lipinski definition) is 4. The molecular formula is C13H21ClO4. The zero-order valence-electron chi connectivity index (χ0n) is 10.9. The van der Waals surface area contributed by atoms with Crippen LogP contribution in [0.25, 0.3) is 0 Å². The predicted octanol–water partition coefficient (Wildman–Crippen LogP) is 2.22. The summed E-state index contributed by atoms with van der Waals surface area (Å²) >= 11 is 5.83. The van der Waals surface area contributed by atoms with Gasteiger partial charge in [0.1, 0.15) is 12.2 Å². The van der Waals surface area contributed by atoms with Gasteiger partial charge in [0.2, 0.25) is 0 Å². The Morgan fingerprint density at radius 2 is 2.06 bits per heavy atom. The SMILES string of the molecule is CCOC(=O)CC(=O)CC/C=C\C(O)C(Cl)CC. The fraction of sp³-hybridized carbons (Fsp3) is 0.692. The molecule has 2 unspecified atom stereocenters. The van der Waals surface area contributed by atoms with Crippen LogP contribution in [0.15, 0.2) is 12.2 Å². The number of ether oxygens (including phenoxy) is 1. The molecule has 0 aliphatic rings. The first-order valence-electron chi connectivity index (χ1n) is 6.17. The van der Waals surface area contributed by atoms with Crippen LogP contribution in [0.3, 0.4) is 0 Å². The lowest BCUT2D eigenvalue weighted by molar-refractivity contribution is -0.145. The molecule has 0 radical (unpaired) electrons. The molecule has 0 aliphatic heterocycles. The van der Waals surface area contributed by atoms with Crippen molar-refractivity contribution in [3.63, 3.8) is 0 Å². The smallest absolute Gasteiger partial charge is 0.313 e. The molecule has 0 saturated heterocycles. The average molecular weight is 277 g/mol. The second kappa shape index (κ2) is 10.1. The molecule has 0 saturated carbocycles. The van der Waals surface area contributed by atoms with Gasteiger partial charge in [-0.05, 0) is 19.8 Å². The highest BCUT2D eigenvalue weighted by Gasteiger charge is 2.11. The molecule has 0 rings (SSSR count). The van der Waals surface area contributed by atoms with E-state index in [-0.39, 0.29) is 30.6 Å². The summed E-state index contributed by atoms with van der Waals surface area (Å²) in [6, 6.07) is 0. The van der Waals surface area contributed by atoms with Crippen LogP contribution < -0.4 is 0 Å². The van der Waals surface area contributed by atoms with Gasteiger partial charge in [0.05, 0.1) is 18.1 Å². The van der Waals surface area contributed by atoms with E-state index in [9.17, 15) is 14.7 Å². The van der Waals surface area contributed by atoms with Crippen molar-refractivity contribution in [1.29, 1.82) is 0 Å². The molecule has 0 aromatic heterocycles. The van der Waals surface area contributed by atoms with Crippen molar-refractivity contribution in [3.05, 3.63) is 12.2 Å². The average Bonchev–Trinajstić information content (AvgIpc) is 2.33. The summed E-state index contributed by atoms with van der Waals surface area (Å²) in [6.07, 6.45) is 3.84. The lowest BCUT2D eigenvalue weighted by atomic mass is 10.1. The standard InChI is InChI=1S/C13H21ClO4/c1-3-11(14)12(16)8-6-5-7-10(15)9-13(17)18-4-2/h6,8,11-12,16H,3-5,7,9H2,1-2H3/b8-6-. The molecule has 4 nitrogen and oxygen atoms in total. The van der Waals surface area contributed by atoms with Gasteiger partial charge in [-0.15, -0.1) is 11.6 Å². The van der Waals surface area contributed by atoms with Gasteiger partial charge in [-0.25, -0.2) is 0 Å². The first-order valence-corrected chi connectivity index (χ1v) is 6.61. The number of allylic oxidation sites excluding steroid dienone is 1. The van der Waals surface area contributed by atoms with E-state index in [0.29, 0.717) is 12.8 Å². The van der Waals surface area contributed by atoms with Gasteiger partial charge in [0.25, 0.3) is 0 Å². The van der Waals surface area contributed by atoms with Crippen LogP contribution in [-0.4, -0.2) is 34.9 Å². The second-order valence-electron chi connectivity index (χ2n) is 3.90. The Balaban J connectivity index is 3.80. The van der Waals surface area contributed by atoms with E-state index in [2.05, 4.69) is 4.74 Å². The third-order valence-corrected chi connectivity index (χ3v) is 2.90. The molecular weight excluding hydrogens is 256 g/mol. The molecule has 104 valence electrons. The first-order chi connectivity index (χ1) is 8.51. The van der Waals surface area contributed by atoms with Gasteiger partial charge in [0, 0.05) is 6.42 Å². The number of carbonyl (C=O) groups excluding carboxylic acids is 2. The van der Waals surface area contributed by atoms with Crippen LogP contribution in [0.5, 0.6) is 0 Å². The quantitative estimate of drug-likeness (QED) is 0.304. The van der Waals surface area contributed by atoms with Crippen molar-refractivity contribution in [2.45, 2.75) is 51.0 Å². The van der Waals surface area contributed by atoms with Crippen molar-refractivity contribution < 1.29 is 19.4 Å². The Labute approximate surface area is 113 Å². The topological polar surface area (TPSA) is 63.6 Å². The van der Waals surface area contributed by atoms with E-state index in [1.807, 2.05) is 6.92 Å². The Bertz CT molecular complexity index is 289. The van der Waals surface area contributed by atoms with Crippen molar-refractivity contribution in [1.82, 2.24) is 0 Å². The maximum Gasteiger partial charge on any atom is 0.313 e. The van der Waals surface area contributed by atoms with Crippen molar-refractivity contribution in [2.24, 2.45) is 0 Å². The van der Waals surface area contributed by atoms with Crippen LogP contribution in [0.2, 0.25) is 0 Å². The molecule has 2 atom stereocenters. The van der Waals surface area contributed by atoms with Gasteiger partial charge in [-0.2, -0.15) is 0 Å². The molecule has 5 heteroatoms. The molecule has 18 heavy (non-hydrogen) atoms. The highest BCUT2D eigenvalue weighted by atomic mass is 35.5. The molecule has 0 aromatic rings. The molecule has 0 amide bonds. The summed E-state index contributed by atoms with van der Waals surface area (Å²) < 4.78 is 4.67. The van der Waals surface area contributed by atoms with Crippen molar-refractivity contribution >= 4 is 23.4 Å². The summed E-state index contributed by atoms with van der Waals surface area (Å²) in [5.74, 6) is -0.649. The number of hydrogen-bond donors (Lipinski definition) is 1. The molecule has 1 N–H and O–H groups in total.